The molecule has 0 bridgehead atoms. The molecule has 6 nitrogen and oxygen atoms in total. The lowest BCUT2D eigenvalue weighted by atomic mass is 9.76. The molecule has 0 radical (unpaired) electrons. The van der Waals surface area contributed by atoms with Crippen LogP contribution in [0.3, 0.4) is 0 Å². The summed E-state index contributed by atoms with van der Waals surface area (Å²) in [6, 6.07) is 6.32. The standard InChI is InChI=1S/C26H32N4O2S/c1-26(2)11-8-20(9-12-26)21-18-19(10-13-30-14-16-33(32)17-15-30)4-5-22(21)29-25(31)23-6-7-24(27-3)28-23/h4-5,7-8,18H,6,9-17H2,1-2H3,(H,29,31). The SMILES string of the molecule is [C-]#[N+]C1=CCC(C(=O)Nc2ccc(CCN3CCS(=O)CC3)cc2C2=CCC(C)(C)CC2)=N1. The van der Waals surface area contributed by atoms with Crippen molar-refractivity contribution < 1.29 is 9.00 Å². The van der Waals surface area contributed by atoms with Gasteiger partial charge in [-0.15, -0.1) is 4.99 Å². The molecule has 0 saturated carbocycles. The van der Waals surface area contributed by atoms with E-state index < -0.39 is 10.8 Å². The average molecular weight is 465 g/mol. The second-order valence-electron chi connectivity index (χ2n) is 9.81. The van der Waals surface area contributed by atoms with Gasteiger partial charge in [-0.3, -0.25) is 9.00 Å². The van der Waals surface area contributed by atoms with Gasteiger partial charge in [-0.25, -0.2) is 0 Å². The van der Waals surface area contributed by atoms with Crippen LogP contribution in [0.5, 0.6) is 0 Å². The Morgan fingerprint density at radius 1 is 1.27 bits per heavy atom. The minimum Gasteiger partial charge on any atom is -0.361 e. The van der Waals surface area contributed by atoms with E-state index >= 15 is 0 Å². The number of amides is 1. The third-order valence-electron chi connectivity index (χ3n) is 6.74. The molecule has 2 aliphatic heterocycles. The first kappa shape index (κ1) is 23.6. The van der Waals surface area contributed by atoms with Gasteiger partial charge in [-0.2, -0.15) is 0 Å². The molecule has 0 spiro atoms. The van der Waals surface area contributed by atoms with Crippen molar-refractivity contribution in [1.29, 1.82) is 0 Å². The maximum absolute atomic E-state index is 12.8. The van der Waals surface area contributed by atoms with Gasteiger partial charge in [0.2, 0.25) is 0 Å². The van der Waals surface area contributed by atoms with Crippen molar-refractivity contribution in [1.82, 2.24) is 4.90 Å². The molecule has 0 atom stereocenters. The van der Waals surface area contributed by atoms with Crippen LogP contribution in [0.1, 0.15) is 50.7 Å². The van der Waals surface area contributed by atoms with E-state index in [4.69, 9.17) is 6.57 Å². The van der Waals surface area contributed by atoms with Gasteiger partial charge < -0.3 is 15.1 Å². The number of hydrogen-bond acceptors (Lipinski definition) is 4. The molecule has 0 unspecified atom stereocenters. The molecule has 1 aromatic carbocycles. The Hall–Kier alpha value is -2.56. The van der Waals surface area contributed by atoms with Crippen molar-refractivity contribution in [3.8, 4) is 0 Å². The minimum atomic E-state index is -0.655. The second-order valence-corrected chi connectivity index (χ2v) is 11.5. The normalized spacial score (nSPS) is 21.1. The summed E-state index contributed by atoms with van der Waals surface area (Å²) in [5, 5.41) is 3.06. The monoisotopic (exact) mass is 464 g/mol. The summed E-state index contributed by atoms with van der Waals surface area (Å²) < 4.78 is 11.6. The van der Waals surface area contributed by atoms with Crippen molar-refractivity contribution in [3.63, 3.8) is 0 Å². The van der Waals surface area contributed by atoms with E-state index in [1.54, 1.807) is 6.08 Å². The molecule has 0 aromatic heterocycles. The van der Waals surface area contributed by atoms with Gasteiger partial charge in [0.05, 0.1) is 0 Å². The number of anilines is 1. The van der Waals surface area contributed by atoms with Crippen LogP contribution in [0.4, 0.5) is 5.69 Å². The molecule has 33 heavy (non-hydrogen) atoms. The number of carbonyl (C=O) groups is 1. The highest BCUT2D eigenvalue weighted by Gasteiger charge is 2.25. The molecular weight excluding hydrogens is 432 g/mol. The zero-order valence-corrected chi connectivity index (χ0v) is 20.3. The fraction of sp³-hybridized carbons (Fsp3) is 0.500. The molecule has 1 amide bonds. The topological polar surface area (TPSA) is 66.1 Å². The molecule has 2 heterocycles. The van der Waals surface area contributed by atoms with E-state index in [1.165, 1.54) is 11.1 Å². The van der Waals surface area contributed by atoms with Crippen LogP contribution in [0.2, 0.25) is 0 Å². The van der Waals surface area contributed by atoms with E-state index in [0.717, 1.165) is 68.1 Å². The number of rotatable bonds is 6. The summed E-state index contributed by atoms with van der Waals surface area (Å²) in [5.74, 6) is 1.59. The van der Waals surface area contributed by atoms with Gasteiger partial charge in [0, 0.05) is 59.6 Å². The Kier molecular flexibility index (Phi) is 7.26. The largest absolute Gasteiger partial charge is 0.361 e. The first-order valence-electron chi connectivity index (χ1n) is 11.7. The van der Waals surface area contributed by atoms with Gasteiger partial charge >= 0.3 is 0 Å². The molecule has 3 aliphatic rings. The zero-order valence-electron chi connectivity index (χ0n) is 19.5. The smallest absolute Gasteiger partial charge is 0.293 e. The third-order valence-corrected chi connectivity index (χ3v) is 8.02. The van der Waals surface area contributed by atoms with Crippen molar-refractivity contribution >= 4 is 33.7 Å². The van der Waals surface area contributed by atoms with Crippen molar-refractivity contribution in [2.75, 3.05) is 36.5 Å². The highest BCUT2D eigenvalue weighted by atomic mass is 32.2. The van der Waals surface area contributed by atoms with Crippen molar-refractivity contribution in [2.45, 2.75) is 46.0 Å². The van der Waals surface area contributed by atoms with Gasteiger partial charge in [0.25, 0.3) is 11.7 Å². The Balaban J connectivity index is 1.53. The van der Waals surface area contributed by atoms with E-state index in [2.05, 4.69) is 52.1 Å². The van der Waals surface area contributed by atoms with E-state index in [0.29, 0.717) is 17.5 Å². The van der Waals surface area contributed by atoms with Crippen LogP contribution < -0.4 is 5.32 Å². The number of allylic oxidation sites excluding steroid dienone is 3. The van der Waals surface area contributed by atoms with Gasteiger partial charge in [-0.1, -0.05) is 38.6 Å². The van der Waals surface area contributed by atoms with Crippen LogP contribution in [0, 0.1) is 12.0 Å². The summed E-state index contributed by atoms with van der Waals surface area (Å²) in [5.41, 5.74) is 5.12. The summed E-state index contributed by atoms with van der Waals surface area (Å²) in [6.45, 7) is 14.4. The first-order chi connectivity index (χ1) is 15.8. The lowest BCUT2D eigenvalue weighted by Gasteiger charge is -2.29. The van der Waals surface area contributed by atoms with Gasteiger partial charge in [0.15, 0.2) is 5.71 Å². The van der Waals surface area contributed by atoms with Gasteiger partial charge in [-0.05, 0) is 54.4 Å². The molecule has 1 fully saturated rings. The van der Waals surface area contributed by atoms with Crippen LogP contribution >= 0.6 is 0 Å². The predicted molar refractivity (Wildman–Crippen MR) is 135 cm³/mol. The molecular formula is C26H32N4O2S. The van der Waals surface area contributed by atoms with Gasteiger partial charge in [0.1, 0.15) is 0 Å². The van der Waals surface area contributed by atoms with Crippen molar-refractivity contribution in [3.05, 3.63) is 58.7 Å². The summed E-state index contributed by atoms with van der Waals surface area (Å²) >= 11 is 0. The Morgan fingerprint density at radius 2 is 2.06 bits per heavy atom. The van der Waals surface area contributed by atoms with E-state index in [-0.39, 0.29) is 11.7 Å². The highest BCUT2D eigenvalue weighted by molar-refractivity contribution is 7.85. The van der Waals surface area contributed by atoms with Crippen molar-refractivity contribution in [2.24, 2.45) is 10.4 Å². The van der Waals surface area contributed by atoms with Crippen LogP contribution in [0.25, 0.3) is 10.4 Å². The highest BCUT2D eigenvalue weighted by Crippen LogP contribution is 2.40. The van der Waals surface area contributed by atoms with Crippen LogP contribution in [-0.2, 0) is 22.0 Å². The number of carbonyl (C=O) groups excluding carboxylic acids is 1. The number of hydrogen-bond donors (Lipinski definition) is 1. The lowest BCUT2D eigenvalue weighted by molar-refractivity contribution is -0.110. The number of nitrogens with zero attached hydrogens (tertiary/aromatic N) is 3. The van der Waals surface area contributed by atoms with E-state index in [9.17, 15) is 9.00 Å². The quantitative estimate of drug-likeness (QED) is 0.634. The molecule has 1 aromatic rings. The molecule has 4 rings (SSSR count). The summed E-state index contributed by atoms with van der Waals surface area (Å²) in [6.07, 6.45) is 8.47. The molecule has 174 valence electrons. The lowest BCUT2D eigenvalue weighted by Crippen LogP contribution is -2.38. The number of nitrogens with one attached hydrogen (secondary N) is 1. The molecule has 1 aliphatic carbocycles. The number of benzene rings is 1. The number of aliphatic imine (C=N–C) groups is 1. The Labute approximate surface area is 199 Å². The maximum atomic E-state index is 12.8. The van der Waals surface area contributed by atoms with Crippen LogP contribution in [0.15, 0.2) is 41.2 Å². The second kappa shape index (κ2) is 10.1. The van der Waals surface area contributed by atoms with Crippen LogP contribution in [-0.4, -0.2) is 51.9 Å². The summed E-state index contributed by atoms with van der Waals surface area (Å²) in [4.78, 5) is 22.7. The fourth-order valence-corrected chi connectivity index (χ4v) is 5.58. The Bertz CT molecular complexity index is 1080. The fourth-order valence-electron chi connectivity index (χ4n) is 4.46. The zero-order chi connectivity index (χ0) is 23.4. The molecule has 1 saturated heterocycles. The maximum Gasteiger partial charge on any atom is 0.293 e. The first-order valence-corrected chi connectivity index (χ1v) is 13.2. The molecule has 7 heteroatoms. The van der Waals surface area contributed by atoms with E-state index in [1.807, 2.05) is 6.07 Å². The predicted octanol–water partition coefficient (Wildman–Crippen LogP) is 4.43. The summed E-state index contributed by atoms with van der Waals surface area (Å²) in [7, 11) is -0.655. The third kappa shape index (κ3) is 6.07. The average Bonchev–Trinajstić information content (AvgIpc) is 3.29. The Morgan fingerprint density at radius 3 is 2.73 bits per heavy atom. The minimum absolute atomic E-state index is 0.239. The molecule has 1 N–H and O–H groups in total.